The lowest BCUT2D eigenvalue weighted by molar-refractivity contribution is 0.102. The van der Waals surface area contributed by atoms with Crippen LogP contribution in [0, 0.1) is 5.82 Å². The minimum absolute atomic E-state index is 0.243. The number of hydrogen-bond acceptors (Lipinski definition) is 4. The van der Waals surface area contributed by atoms with E-state index in [9.17, 15) is 9.18 Å². The minimum Gasteiger partial charge on any atom is -0.322 e. The van der Waals surface area contributed by atoms with Crippen LogP contribution < -0.4 is 5.32 Å². The maximum Gasteiger partial charge on any atom is 0.257 e. The Hall–Kier alpha value is -2.38. The van der Waals surface area contributed by atoms with E-state index in [1.165, 1.54) is 41.2 Å². The summed E-state index contributed by atoms with van der Waals surface area (Å²) in [7, 11) is 0. The third-order valence-electron chi connectivity index (χ3n) is 3.29. The molecule has 2 aromatic carbocycles. The molecule has 122 valence electrons. The highest BCUT2D eigenvalue weighted by Crippen LogP contribution is 2.24. The average molecular weight is 363 g/mol. The lowest BCUT2D eigenvalue weighted by Gasteiger charge is -2.09. The fourth-order valence-electron chi connectivity index (χ4n) is 2.11. The predicted octanol–water partition coefficient (Wildman–Crippen LogP) is 4.03. The molecule has 3 aromatic rings. The first-order valence-corrected chi connectivity index (χ1v) is 8.48. The Morgan fingerprint density at radius 1 is 1.29 bits per heavy atom. The van der Waals surface area contributed by atoms with Gasteiger partial charge in [-0.15, -0.1) is 11.8 Å². The summed E-state index contributed by atoms with van der Waals surface area (Å²) in [6.07, 6.45) is 4.61. The van der Waals surface area contributed by atoms with Crippen molar-refractivity contribution in [3.63, 3.8) is 0 Å². The van der Waals surface area contributed by atoms with Gasteiger partial charge in [-0.2, -0.15) is 5.10 Å². The van der Waals surface area contributed by atoms with Crippen molar-refractivity contribution in [2.45, 2.75) is 4.90 Å². The molecule has 0 fully saturated rings. The number of nitrogens with zero attached hydrogens (tertiary/aromatic N) is 3. The molecular weight excluding hydrogens is 351 g/mol. The molecule has 0 spiro atoms. The topological polar surface area (TPSA) is 59.8 Å². The monoisotopic (exact) mass is 362 g/mol. The summed E-state index contributed by atoms with van der Waals surface area (Å²) in [6, 6.07) is 9.51. The van der Waals surface area contributed by atoms with Gasteiger partial charge in [-0.3, -0.25) is 4.79 Å². The van der Waals surface area contributed by atoms with E-state index in [2.05, 4.69) is 15.4 Å². The second-order valence-electron chi connectivity index (χ2n) is 4.81. The number of halogens is 2. The van der Waals surface area contributed by atoms with Crippen molar-refractivity contribution < 1.29 is 9.18 Å². The highest BCUT2D eigenvalue weighted by molar-refractivity contribution is 7.98. The highest BCUT2D eigenvalue weighted by Gasteiger charge is 2.13. The van der Waals surface area contributed by atoms with Crippen LogP contribution in [0.25, 0.3) is 5.69 Å². The van der Waals surface area contributed by atoms with Gasteiger partial charge >= 0.3 is 0 Å². The maximum absolute atomic E-state index is 14.2. The first kappa shape index (κ1) is 16.5. The number of thioether (sulfide) groups is 1. The second kappa shape index (κ2) is 7.02. The van der Waals surface area contributed by atoms with Gasteiger partial charge in [0.1, 0.15) is 18.3 Å². The molecule has 1 heterocycles. The highest BCUT2D eigenvalue weighted by atomic mass is 35.5. The molecular formula is C16H12ClFN4OS. The van der Waals surface area contributed by atoms with Crippen molar-refractivity contribution in [2.75, 3.05) is 11.6 Å². The van der Waals surface area contributed by atoms with E-state index in [-0.39, 0.29) is 5.69 Å². The Morgan fingerprint density at radius 3 is 2.79 bits per heavy atom. The Labute approximate surface area is 146 Å². The average Bonchev–Trinajstić information content (AvgIpc) is 3.09. The Kier molecular flexibility index (Phi) is 4.82. The molecule has 0 atom stereocenters. The Balaban J connectivity index is 1.84. The van der Waals surface area contributed by atoms with Crippen LogP contribution in [0.1, 0.15) is 10.4 Å². The number of hydrogen-bond donors (Lipinski definition) is 1. The van der Waals surface area contributed by atoms with Crippen LogP contribution in [0.15, 0.2) is 53.9 Å². The van der Waals surface area contributed by atoms with E-state index >= 15 is 0 Å². The zero-order chi connectivity index (χ0) is 17.1. The van der Waals surface area contributed by atoms with E-state index in [1.54, 1.807) is 18.2 Å². The van der Waals surface area contributed by atoms with Gasteiger partial charge in [0.25, 0.3) is 5.91 Å². The van der Waals surface area contributed by atoms with Crippen LogP contribution in [-0.4, -0.2) is 26.9 Å². The number of rotatable bonds is 4. The molecule has 24 heavy (non-hydrogen) atoms. The van der Waals surface area contributed by atoms with E-state index < -0.39 is 11.7 Å². The molecule has 0 bridgehead atoms. The van der Waals surface area contributed by atoms with Gasteiger partial charge in [0.2, 0.25) is 0 Å². The summed E-state index contributed by atoms with van der Waals surface area (Å²) in [5.74, 6) is -0.925. The van der Waals surface area contributed by atoms with Crippen LogP contribution in [0.5, 0.6) is 0 Å². The number of aromatic nitrogens is 3. The van der Waals surface area contributed by atoms with E-state index in [1.807, 2.05) is 12.3 Å². The van der Waals surface area contributed by atoms with Crippen molar-refractivity contribution >= 4 is 35.0 Å². The summed E-state index contributed by atoms with van der Waals surface area (Å²) in [5.41, 5.74) is 0.907. The molecule has 0 saturated heterocycles. The van der Waals surface area contributed by atoms with Crippen LogP contribution in [-0.2, 0) is 0 Å². The largest absolute Gasteiger partial charge is 0.322 e. The summed E-state index contributed by atoms with van der Waals surface area (Å²) in [6.45, 7) is 0. The number of carbonyl (C=O) groups excluding carboxylic acids is 1. The fraction of sp³-hybridized carbons (Fsp3) is 0.0625. The molecule has 0 radical (unpaired) electrons. The number of carbonyl (C=O) groups is 1. The molecule has 3 rings (SSSR count). The summed E-state index contributed by atoms with van der Waals surface area (Å²) >= 11 is 7.58. The molecule has 0 aliphatic rings. The smallest absolute Gasteiger partial charge is 0.257 e. The quantitative estimate of drug-likeness (QED) is 0.712. The van der Waals surface area contributed by atoms with Gasteiger partial charge in [0.05, 0.1) is 10.6 Å². The standard InChI is InChI=1S/C16H12ClFN4OS/c1-24-11-3-4-13(17)12(7-11)16(23)21-10-2-5-15(14(18)6-10)22-9-19-8-20-22/h2-9H,1H3,(H,21,23). The van der Waals surface area contributed by atoms with Crippen LogP contribution in [0.3, 0.4) is 0 Å². The zero-order valence-electron chi connectivity index (χ0n) is 12.5. The van der Waals surface area contributed by atoms with Gasteiger partial charge in [-0.1, -0.05) is 11.6 Å². The molecule has 1 N–H and O–H groups in total. The van der Waals surface area contributed by atoms with Gasteiger partial charge < -0.3 is 5.32 Å². The van der Waals surface area contributed by atoms with E-state index in [4.69, 9.17) is 11.6 Å². The van der Waals surface area contributed by atoms with Gasteiger partial charge in [0.15, 0.2) is 5.82 Å². The normalized spacial score (nSPS) is 10.6. The van der Waals surface area contributed by atoms with Crippen LogP contribution in [0.2, 0.25) is 5.02 Å². The van der Waals surface area contributed by atoms with Crippen LogP contribution in [0.4, 0.5) is 10.1 Å². The fourth-order valence-corrected chi connectivity index (χ4v) is 2.75. The summed E-state index contributed by atoms with van der Waals surface area (Å²) < 4.78 is 15.5. The van der Waals surface area contributed by atoms with Crippen molar-refractivity contribution in [1.82, 2.24) is 14.8 Å². The Morgan fingerprint density at radius 2 is 2.12 bits per heavy atom. The second-order valence-corrected chi connectivity index (χ2v) is 6.09. The van der Waals surface area contributed by atoms with E-state index in [0.29, 0.717) is 16.3 Å². The molecule has 8 heteroatoms. The predicted molar refractivity (Wildman–Crippen MR) is 92.5 cm³/mol. The molecule has 0 aliphatic heterocycles. The minimum atomic E-state index is -0.526. The lowest BCUT2D eigenvalue weighted by Crippen LogP contribution is -2.13. The van der Waals surface area contributed by atoms with Crippen LogP contribution >= 0.6 is 23.4 Å². The molecule has 0 saturated carbocycles. The zero-order valence-corrected chi connectivity index (χ0v) is 14.1. The number of amides is 1. The molecule has 1 aromatic heterocycles. The van der Waals surface area contributed by atoms with Crippen molar-refractivity contribution in [3.8, 4) is 5.69 Å². The maximum atomic E-state index is 14.2. The third kappa shape index (κ3) is 3.42. The number of benzene rings is 2. The Bertz CT molecular complexity index is 886. The first-order chi connectivity index (χ1) is 11.6. The van der Waals surface area contributed by atoms with Gasteiger partial charge in [-0.25, -0.2) is 14.1 Å². The van der Waals surface area contributed by atoms with Crippen molar-refractivity contribution in [3.05, 3.63) is 65.5 Å². The number of nitrogens with one attached hydrogen (secondary N) is 1. The molecule has 0 aliphatic carbocycles. The molecule has 1 amide bonds. The van der Waals surface area contributed by atoms with Crippen molar-refractivity contribution in [2.24, 2.45) is 0 Å². The van der Waals surface area contributed by atoms with Crippen molar-refractivity contribution in [1.29, 1.82) is 0 Å². The summed E-state index contributed by atoms with van der Waals surface area (Å²) in [5, 5.41) is 6.86. The first-order valence-electron chi connectivity index (χ1n) is 6.88. The lowest BCUT2D eigenvalue weighted by atomic mass is 10.2. The molecule has 0 unspecified atom stereocenters. The number of anilines is 1. The van der Waals surface area contributed by atoms with Gasteiger partial charge in [-0.05, 0) is 42.7 Å². The molecule has 5 nitrogen and oxygen atoms in total. The summed E-state index contributed by atoms with van der Waals surface area (Å²) in [4.78, 5) is 17.1. The van der Waals surface area contributed by atoms with E-state index in [0.717, 1.165) is 4.90 Å². The SMILES string of the molecule is CSc1ccc(Cl)c(C(=O)Nc2ccc(-n3cncn3)c(F)c2)c1. The van der Waals surface area contributed by atoms with Gasteiger partial charge in [0, 0.05) is 10.6 Å². The third-order valence-corrected chi connectivity index (χ3v) is 4.34.